The van der Waals surface area contributed by atoms with Gasteiger partial charge in [-0.1, -0.05) is 23.2 Å². The van der Waals surface area contributed by atoms with E-state index in [9.17, 15) is 9.59 Å². The molecule has 12 heteroatoms. The van der Waals surface area contributed by atoms with Crippen LogP contribution in [0.1, 0.15) is 42.1 Å². The Labute approximate surface area is 210 Å². The fraction of sp³-hybridized carbons (Fsp3) is 0.304. The Balaban J connectivity index is 1.70. The van der Waals surface area contributed by atoms with Gasteiger partial charge in [-0.25, -0.2) is 9.78 Å². The fourth-order valence-corrected chi connectivity index (χ4v) is 3.70. The lowest BCUT2D eigenvalue weighted by Gasteiger charge is -2.11. The van der Waals surface area contributed by atoms with Crippen LogP contribution in [0.25, 0.3) is 11.5 Å². The molecule has 3 aromatic rings. The Morgan fingerprint density at radius 1 is 1.23 bits per heavy atom. The average molecular weight is 521 g/mol. The highest BCUT2D eigenvalue weighted by Gasteiger charge is 2.28. The van der Waals surface area contributed by atoms with Crippen LogP contribution >= 0.6 is 23.2 Å². The van der Waals surface area contributed by atoms with Crippen molar-refractivity contribution in [3.8, 4) is 23.0 Å². The molecule has 1 fully saturated rings. The number of hydrogen-bond acceptors (Lipinski definition) is 8. The van der Waals surface area contributed by atoms with E-state index in [4.69, 9.17) is 47.6 Å². The maximum atomic E-state index is 13.1. The molecule has 1 aliphatic carbocycles. The Hall–Kier alpha value is -3.50. The molecule has 35 heavy (non-hydrogen) atoms. The summed E-state index contributed by atoms with van der Waals surface area (Å²) >= 11 is 12.2. The van der Waals surface area contributed by atoms with Crippen molar-refractivity contribution < 1.29 is 28.2 Å². The van der Waals surface area contributed by atoms with Crippen molar-refractivity contribution in [2.24, 2.45) is 11.7 Å². The molecule has 3 N–H and O–H groups in total. The van der Waals surface area contributed by atoms with Crippen LogP contribution < -0.4 is 20.5 Å². The Kier molecular flexibility index (Phi) is 7.32. The van der Waals surface area contributed by atoms with Crippen LogP contribution in [0, 0.1) is 5.92 Å². The molecule has 2 aromatic heterocycles. The molecule has 10 nitrogen and oxygen atoms in total. The molecule has 0 unspecified atom stereocenters. The molecular formula is C23H22Cl2N4O6. The fourth-order valence-electron chi connectivity index (χ4n) is 3.24. The molecular weight excluding hydrogens is 499 g/mol. The molecule has 1 aromatic carbocycles. The first kappa shape index (κ1) is 24.6. The second-order valence-corrected chi connectivity index (χ2v) is 8.68. The summed E-state index contributed by atoms with van der Waals surface area (Å²) in [5, 5.41) is 2.86. The normalized spacial score (nSPS) is 13.7. The number of primary amides is 1. The van der Waals surface area contributed by atoms with E-state index in [-0.39, 0.29) is 33.1 Å². The zero-order valence-corrected chi connectivity index (χ0v) is 20.4. The van der Waals surface area contributed by atoms with Crippen LogP contribution in [0.4, 0.5) is 10.5 Å². The number of nitrogens with two attached hydrogens (primary N) is 1. The van der Waals surface area contributed by atoms with Crippen molar-refractivity contribution in [1.29, 1.82) is 0 Å². The van der Waals surface area contributed by atoms with Crippen LogP contribution in [-0.2, 0) is 4.74 Å². The van der Waals surface area contributed by atoms with E-state index < -0.39 is 18.1 Å². The second-order valence-electron chi connectivity index (χ2n) is 7.86. The van der Waals surface area contributed by atoms with Crippen LogP contribution in [-0.4, -0.2) is 35.7 Å². The maximum absolute atomic E-state index is 13.1. The molecule has 0 aliphatic heterocycles. The van der Waals surface area contributed by atoms with Gasteiger partial charge in [-0.3, -0.25) is 9.78 Å². The molecule has 1 aliphatic rings. The van der Waals surface area contributed by atoms with Crippen LogP contribution in [0.5, 0.6) is 11.5 Å². The van der Waals surface area contributed by atoms with E-state index in [0.717, 1.165) is 12.8 Å². The van der Waals surface area contributed by atoms with Gasteiger partial charge in [-0.05, 0) is 43.9 Å². The van der Waals surface area contributed by atoms with Gasteiger partial charge in [0.2, 0.25) is 5.89 Å². The van der Waals surface area contributed by atoms with Crippen molar-refractivity contribution in [3.63, 3.8) is 0 Å². The van der Waals surface area contributed by atoms with E-state index in [1.54, 1.807) is 25.3 Å². The lowest BCUT2D eigenvalue weighted by Crippen LogP contribution is -2.19. The van der Waals surface area contributed by atoms with Gasteiger partial charge in [0.05, 0.1) is 29.4 Å². The standard InChI is InChI=1S/C23H22Cl2N4O6/c1-11(34-23(26)31)20-19(21(30)28-18-14(24)8-27-9-15(18)25)29-22(35-20)13-5-6-16(32-2)17(7-13)33-10-12-3-4-12/h5-9,11-12H,3-4,10H2,1-2H3,(H2,26,31)(H,27,28,30)/t11-/m0/s1. The number of pyridine rings is 1. The molecule has 0 radical (unpaired) electrons. The van der Waals surface area contributed by atoms with Gasteiger partial charge in [0.1, 0.15) is 0 Å². The van der Waals surface area contributed by atoms with Crippen LogP contribution in [0.2, 0.25) is 10.0 Å². The molecule has 184 valence electrons. The minimum absolute atomic E-state index is 0.0196. The number of amides is 2. The van der Waals surface area contributed by atoms with Crippen molar-refractivity contribution in [1.82, 2.24) is 9.97 Å². The monoisotopic (exact) mass is 520 g/mol. The maximum Gasteiger partial charge on any atom is 0.405 e. The van der Waals surface area contributed by atoms with Gasteiger partial charge in [0.15, 0.2) is 29.1 Å². The summed E-state index contributed by atoms with van der Waals surface area (Å²) in [6.07, 6.45) is 2.87. The Morgan fingerprint density at radius 2 is 1.94 bits per heavy atom. The third-order valence-electron chi connectivity index (χ3n) is 5.20. The summed E-state index contributed by atoms with van der Waals surface area (Å²) in [5.41, 5.74) is 5.67. The summed E-state index contributed by atoms with van der Waals surface area (Å²) in [6, 6.07) is 5.12. The molecule has 4 rings (SSSR count). The minimum atomic E-state index is -1.04. The van der Waals surface area contributed by atoms with Crippen molar-refractivity contribution in [3.05, 3.63) is 52.1 Å². The van der Waals surface area contributed by atoms with E-state index in [2.05, 4.69) is 15.3 Å². The Morgan fingerprint density at radius 3 is 2.57 bits per heavy atom. The number of halogens is 2. The molecule has 2 amide bonds. The van der Waals surface area contributed by atoms with E-state index in [0.29, 0.717) is 29.6 Å². The first-order chi connectivity index (χ1) is 16.8. The quantitative estimate of drug-likeness (QED) is 0.389. The summed E-state index contributed by atoms with van der Waals surface area (Å²) in [7, 11) is 1.54. The van der Waals surface area contributed by atoms with Gasteiger partial charge in [0.25, 0.3) is 5.91 Å². The van der Waals surface area contributed by atoms with Crippen molar-refractivity contribution >= 4 is 40.9 Å². The summed E-state index contributed by atoms with van der Waals surface area (Å²) < 4.78 is 22.2. The van der Waals surface area contributed by atoms with Gasteiger partial charge in [-0.2, -0.15) is 0 Å². The lowest BCUT2D eigenvalue weighted by atomic mass is 10.2. The zero-order valence-electron chi connectivity index (χ0n) is 18.8. The zero-order chi connectivity index (χ0) is 25.1. The first-order valence-corrected chi connectivity index (χ1v) is 11.4. The number of nitrogens with one attached hydrogen (secondary N) is 1. The third kappa shape index (κ3) is 5.77. The van der Waals surface area contributed by atoms with Gasteiger partial charge >= 0.3 is 6.09 Å². The van der Waals surface area contributed by atoms with E-state index in [1.165, 1.54) is 19.3 Å². The number of ether oxygens (including phenoxy) is 3. The van der Waals surface area contributed by atoms with Crippen molar-refractivity contribution in [2.75, 3.05) is 19.0 Å². The van der Waals surface area contributed by atoms with Crippen LogP contribution in [0.15, 0.2) is 35.0 Å². The number of hydrogen-bond donors (Lipinski definition) is 2. The highest BCUT2D eigenvalue weighted by molar-refractivity contribution is 6.39. The molecule has 0 bridgehead atoms. The topological polar surface area (TPSA) is 139 Å². The van der Waals surface area contributed by atoms with E-state index >= 15 is 0 Å². The Bertz CT molecular complexity index is 1240. The molecule has 1 atom stereocenters. The molecule has 0 spiro atoms. The highest BCUT2D eigenvalue weighted by atomic mass is 35.5. The van der Waals surface area contributed by atoms with E-state index in [1.807, 2.05) is 0 Å². The summed E-state index contributed by atoms with van der Waals surface area (Å²) in [6.45, 7) is 2.07. The molecule has 1 saturated carbocycles. The summed E-state index contributed by atoms with van der Waals surface area (Å²) in [4.78, 5) is 32.7. The number of anilines is 1. The number of methoxy groups -OCH3 is 1. The third-order valence-corrected chi connectivity index (χ3v) is 5.78. The molecule has 2 heterocycles. The number of benzene rings is 1. The summed E-state index contributed by atoms with van der Waals surface area (Å²) in [5.74, 6) is 0.977. The minimum Gasteiger partial charge on any atom is -0.493 e. The first-order valence-electron chi connectivity index (χ1n) is 10.6. The van der Waals surface area contributed by atoms with Crippen molar-refractivity contribution in [2.45, 2.75) is 25.9 Å². The average Bonchev–Trinajstić information content (AvgIpc) is 3.54. The smallest absolute Gasteiger partial charge is 0.405 e. The highest BCUT2D eigenvalue weighted by Crippen LogP contribution is 2.37. The number of carbonyl (C=O) groups is 2. The molecule has 0 saturated heterocycles. The van der Waals surface area contributed by atoms with Gasteiger partial charge in [0, 0.05) is 18.0 Å². The lowest BCUT2D eigenvalue weighted by molar-refractivity contribution is 0.0956. The number of rotatable bonds is 9. The second kappa shape index (κ2) is 10.4. The van der Waals surface area contributed by atoms with Gasteiger partial charge in [-0.15, -0.1) is 0 Å². The number of carbonyl (C=O) groups excluding carboxylic acids is 2. The SMILES string of the molecule is COc1ccc(-c2nc(C(=O)Nc3c(Cl)cncc3Cl)c([C@H](C)OC(N)=O)o2)cc1OCC1CC1. The largest absolute Gasteiger partial charge is 0.493 e. The van der Waals surface area contributed by atoms with Crippen LogP contribution in [0.3, 0.4) is 0 Å². The van der Waals surface area contributed by atoms with Gasteiger partial charge < -0.3 is 29.7 Å². The predicted molar refractivity (Wildman–Crippen MR) is 128 cm³/mol. The number of nitrogens with zero attached hydrogens (tertiary/aromatic N) is 2. The predicted octanol–water partition coefficient (Wildman–Crippen LogP) is 5.25. The number of aromatic nitrogens is 2. The number of oxazole rings is 1.